The fourth-order valence-electron chi connectivity index (χ4n) is 2.66. The van der Waals surface area contributed by atoms with Gasteiger partial charge in [0.25, 0.3) is 0 Å². The Hall–Kier alpha value is -1.06. The maximum Gasteiger partial charge on any atom is 0.0434 e. The van der Waals surface area contributed by atoms with Crippen molar-refractivity contribution in [3.63, 3.8) is 0 Å². The Morgan fingerprint density at radius 1 is 1.41 bits per heavy atom. The molecule has 0 amide bonds. The number of nitrogen functional groups attached to an aromatic ring is 1. The van der Waals surface area contributed by atoms with Crippen LogP contribution < -0.4 is 5.73 Å². The minimum Gasteiger partial charge on any atom is -0.399 e. The van der Waals surface area contributed by atoms with E-state index < -0.39 is 0 Å². The van der Waals surface area contributed by atoms with Crippen molar-refractivity contribution in [2.75, 3.05) is 25.4 Å². The number of anilines is 1. The van der Waals surface area contributed by atoms with E-state index in [0.717, 1.165) is 31.7 Å². The number of nitrogens with two attached hydrogens (primary N) is 1. The summed E-state index contributed by atoms with van der Waals surface area (Å²) in [6, 6.07) is 8.12. The van der Waals surface area contributed by atoms with Crippen molar-refractivity contribution in [1.82, 2.24) is 4.90 Å². The molecule has 0 bridgehead atoms. The van der Waals surface area contributed by atoms with Gasteiger partial charge in [0.05, 0.1) is 0 Å². The second-order valence-corrected chi connectivity index (χ2v) is 5.00. The van der Waals surface area contributed by atoms with E-state index in [1.54, 1.807) is 0 Å². The molecule has 1 fully saturated rings. The van der Waals surface area contributed by atoms with Crippen LogP contribution in [0.2, 0.25) is 0 Å². The van der Waals surface area contributed by atoms with Gasteiger partial charge < -0.3 is 10.8 Å². The number of nitrogens with zero attached hydrogens (tertiary/aromatic N) is 1. The average molecular weight is 234 g/mol. The Balaban J connectivity index is 1.90. The topological polar surface area (TPSA) is 49.5 Å². The number of aliphatic hydroxyl groups is 1. The molecule has 0 radical (unpaired) electrons. The van der Waals surface area contributed by atoms with E-state index in [2.05, 4.69) is 17.0 Å². The van der Waals surface area contributed by atoms with Gasteiger partial charge in [0, 0.05) is 25.4 Å². The first kappa shape index (κ1) is 12.4. The number of hydrogen-bond donors (Lipinski definition) is 2. The fraction of sp³-hybridized carbons (Fsp3) is 0.571. The molecule has 1 aliphatic rings. The van der Waals surface area contributed by atoms with Crippen LogP contribution in [0.15, 0.2) is 24.3 Å². The van der Waals surface area contributed by atoms with Crippen LogP contribution in [-0.2, 0) is 6.54 Å². The molecule has 0 aromatic heterocycles. The summed E-state index contributed by atoms with van der Waals surface area (Å²) in [4.78, 5) is 2.47. The van der Waals surface area contributed by atoms with Gasteiger partial charge in [-0.1, -0.05) is 12.1 Å². The highest BCUT2D eigenvalue weighted by Gasteiger charge is 2.19. The van der Waals surface area contributed by atoms with Crippen LogP contribution in [-0.4, -0.2) is 29.7 Å². The predicted octanol–water partition coefficient (Wildman–Crippen LogP) is 1.86. The Morgan fingerprint density at radius 2 is 2.29 bits per heavy atom. The third-order valence-electron chi connectivity index (χ3n) is 3.50. The average Bonchev–Trinajstić information content (AvgIpc) is 2.30. The molecular formula is C14H22N2O. The maximum absolute atomic E-state index is 9.00. The van der Waals surface area contributed by atoms with Gasteiger partial charge >= 0.3 is 0 Å². The number of aliphatic hydroxyl groups excluding tert-OH is 1. The second kappa shape index (κ2) is 6.03. The quantitative estimate of drug-likeness (QED) is 0.782. The van der Waals surface area contributed by atoms with Crippen LogP contribution in [0.3, 0.4) is 0 Å². The molecule has 0 aliphatic carbocycles. The molecule has 1 aliphatic heterocycles. The monoisotopic (exact) mass is 234 g/mol. The standard InChI is InChI=1S/C14H22N2O/c15-14-5-1-3-13(9-14)11-16-7-2-4-12(10-16)6-8-17/h1,3,5,9,12,17H,2,4,6-8,10-11,15H2. The summed E-state index contributed by atoms with van der Waals surface area (Å²) in [5.41, 5.74) is 7.91. The van der Waals surface area contributed by atoms with Crippen molar-refractivity contribution < 1.29 is 5.11 Å². The van der Waals surface area contributed by atoms with Crippen LogP contribution in [0.25, 0.3) is 0 Å². The van der Waals surface area contributed by atoms with Crippen LogP contribution in [0.4, 0.5) is 5.69 Å². The Morgan fingerprint density at radius 3 is 3.06 bits per heavy atom. The van der Waals surface area contributed by atoms with Gasteiger partial charge in [0.2, 0.25) is 0 Å². The molecule has 1 aromatic carbocycles. The smallest absolute Gasteiger partial charge is 0.0434 e. The van der Waals surface area contributed by atoms with Crippen molar-refractivity contribution in [2.24, 2.45) is 5.92 Å². The van der Waals surface area contributed by atoms with E-state index in [1.165, 1.54) is 18.4 Å². The van der Waals surface area contributed by atoms with Gasteiger partial charge in [-0.25, -0.2) is 0 Å². The molecule has 3 heteroatoms. The van der Waals surface area contributed by atoms with E-state index in [9.17, 15) is 0 Å². The van der Waals surface area contributed by atoms with E-state index in [-0.39, 0.29) is 0 Å². The molecule has 1 heterocycles. The largest absolute Gasteiger partial charge is 0.399 e. The fourth-order valence-corrected chi connectivity index (χ4v) is 2.66. The highest BCUT2D eigenvalue weighted by atomic mass is 16.3. The second-order valence-electron chi connectivity index (χ2n) is 5.00. The Kier molecular flexibility index (Phi) is 4.40. The Labute approximate surface area is 103 Å². The minimum atomic E-state index is 0.316. The van der Waals surface area contributed by atoms with Gasteiger partial charge in [-0.05, 0) is 49.4 Å². The van der Waals surface area contributed by atoms with E-state index in [4.69, 9.17) is 10.8 Å². The number of rotatable bonds is 4. The molecule has 3 nitrogen and oxygen atoms in total. The number of piperidine rings is 1. The van der Waals surface area contributed by atoms with Crippen molar-refractivity contribution >= 4 is 5.69 Å². The third kappa shape index (κ3) is 3.72. The molecule has 2 rings (SSSR count). The summed E-state index contributed by atoms with van der Waals surface area (Å²) in [6.45, 7) is 3.57. The zero-order valence-electron chi connectivity index (χ0n) is 10.3. The van der Waals surface area contributed by atoms with Crippen molar-refractivity contribution in [3.05, 3.63) is 29.8 Å². The van der Waals surface area contributed by atoms with Crippen molar-refractivity contribution in [3.8, 4) is 0 Å². The SMILES string of the molecule is Nc1cccc(CN2CCCC(CCO)C2)c1. The molecular weight excluding hydrogens is 212 g/mol. The first-order chi connectivity index (χ1) is 8.28. The molecule has 3 N–H and O–H groups in total. The summed E-state index contributed by atoms with van der Waals surface area (Å²) >= 11 is 0. The highest BCUT2D eigenvalue weighted by Crippen LogP contribution is 2.21. The molecule has 0 saturated carbocycles. The lowest BCUT2D eigenvalue weighted by Crippen LogP contribution is -2.35. The molecule has 1 aromatic rings. The summed E-state index contributed by atoms with van der Waals surface area (Å²) in [6.07, 6.45) is 3.44. The highest BCUT2D eigenvalue weighted by molar-refractivity contribution is 5.40. The van der Waals surface area contributed by atoms with Crippen LogP contribution in [0, 0.1) is 5.92 Å². The van der Waals surface area contributed by atoms with E-state index in [1.807, 2.05) is 12.1 Å². The number of benzene rings is 1. The maximum atomic E-state index is 9.00. The first-order valence-corrected chi connectivity index (χ1v) is 6.45. The molecule has 1 atom stereocenters. The van der Waals surface area contributed by atoms with E-state index in [0.29, 0.717) is 12.5 Å². The lowest BCUT2D eigenvalue weighted by Gasteiger charge is -2.32. The van der Waals surface area contributed by atoms with Crippen LogP contribution in [0.1, 0.15) is 24.8 Å². The summed E-state index contributed by atoms with van der Waals surface area (Å²) in [7, 11) is 0. The van der Waals surface area contributed by atoms with Crippen molar-refractivity contribution in [1.29, 1.82) is 0 Å². The van der Waals surface area contributed by atoms with Crippen LogP contribution >= 0.6 is 0 Å². The van der Waals surface area contributed by atoms with Gasteiger partial charge in [-0.2, -0.15) is 0 Å². The summed E-state index contributed by atoms with van der Waals surface area (Å²) < 4.78 is 0. The van der Waals surface area contributed by atoms with Gasteiger partial charge in [-0.3, -0.25) is 4.90 Å². The Bertz CT molecular complexity index is 352. The molecule has 1 unspecified atom stereocenters. The first-order valence-electron chi connectivity index (χ1n) is 6.45. The molecule has 94 valence electrons. The lowest BCUT2D eigenvalue weighted by molar-refractivity contribution is 0.142. The zero-order valence-corrected chi connectivity index (χ0v) is 10.3. The lowest BCUT2D eigenvalue weighted by atomic mass is 9.95. The van der Waals surface area contributed by atoms with Gasteiger partial charge in [0.15, 0.2) is 0 Å². The van der Waals surface area contributed by atoms with Gasteiger partial charge in [-0.15, -0.1) is 0 Å². The number of hydrogen-bond acceptors (Lipinski definition) is 3. The third-order valence-corrected chi connectivity index (χ3v) is 3.50. The summed E-state index contributed by atoms with van der Waals surface area (Å²) in [5.74, 6) is 0.662. The molecule has 0 spiro atoms. The van der Waals surface area contributed by atoms with E-state index >= 15 is 0 Å². The van der Waals surface area contributed by atoms with Gasteiger partial charge in [0.1, 0.15) is 0 Å². The minimum absolute atomic E-state index is 0.316. The molecule has 17 heavy (non-hydrogen) atoms. The number of likely N-dealkylation sites (tertiary alicyclic amines) is 1. The summed E-state index contributed by atoms with van der Waals surface area (Å²) in [5, 5.41) is 9.00. The normalized spacial score (nSPS) is 21.6. The predicted molar refractivity (Wildman–Crippen MR) is 70.6 cm³/mol. The molecule has 1 saturated heterocycles. The van der Waals surface area contributed by atoms with Crippen LogP contribution in [0.5, 0.6) is 0 Å². The van der Waals surface area contributed by atoms with Crippen molar-refractivity contribution in [2.45, 2.75) is 25.8 Å². The zero-order chi connectivity index (χ0) is 12.1.